The number of aromatic nitrogens is 3. The van der Waals surface area contributed by atoms with Crippen molar-refractivity contribution in [2.45, 2.75) is 24.5 Å². The molecule has 0 aromatic carbocycles. The quantitative estimate of drug-likeness (QED) is 0.772. The van der Waals surface area contributed by atoms with Crippen LogP contribution in [0.1, 0.15) is 17.0 Å². The third kappa shape index (κ3) is 4.32. The van der Waals surface area contributed by atoms with E-state index >= 15 is 0 Å². The number of hydrogen-bond donors (Lipinski definition) is 0. The number of rotatable bonds is 6. The molecule has 0 aliphatic carbocycles. The molecule has 0 atom stereocenters. The van der Waals surface area contributed by atoms with Crippen molar-refractivity contribution in [1.82, 2.24) is 19.9 Å². The van der Waals surface area contributed by atoms with Crippen molar-refractivity contribution < 1.29 is 22.0 Å². The summed E-state index contributed by atoms with van der Waals surface area (Å²) >= 11 is 1.48. The first kappa shape index (κ1) is 17.5. The number of sulfone groups is 1. The summed E-state index contributed by atoms with van der Waals surface area (Å²) in [6.45, 7) is -0.0600. The van der Waals surface area contributed by atoms with Gasteiger partial charge in [-0.05, 0) is 11.4 Å². The molecular formula is C12H14F2N4O3S2. The molecule has 11 heteroatoms. The first-order valence-corrected chi connectivity index (χ1v) is 9.15. The fourth-order valence-corrected chi connectivity index (χ4v) is 3.29. The van der Waals surface area contributed by atoms with Gasteiger partial charge in [0.05, 0.1) is 6.54 Å². The van der Waals surface area contributed by atoms with Crippen molar-refractivity contribution >= 4 is 27.1 Å². The van der Waals surface area contributed by atoms with Crippen LogP contribution in [0.2, 0.25) is 0 Å². The van der Waals surface area contributed by atoms with E-state index in [4.69, 9.17) is 0 Å². The molecule has 7 nitrogen and oxygen atoms in total. The smallest absolute Gasteiger partial charge is 0.285 e. The van der Waals surface area contributed by atoms with Crippen LogP contribution < -0.4 is 0 Å². The molecule has 0 spiro atoms. The normalized spacial score (nSPS) is 11.9. The van der Waals surface area contributed by atoms with Gasteiger partial charge in [-0.25, -0.2) is 17.2 Å². The molecule has 1 amide bonds. The Morgan fingerprint density at radius 1 is 1.43 bits per heavy atom. The summed E-state index contributed by atoms with van der Waals surface area (Å²) in [7, 11) is -2.40. The van der Waals surface area contributed by atoms with E-state index in [0.717, 1.165) is 11.1 Å². The Morgan fingerprint density at radius 3 is 2.61 bits per heavy atom. The molecule has 126 valence electrons. The van der Waals surface area contributed by atoms with Crippen molar-refractivity contribution in [2.75, 3.05) is 13.3 Å². The Labute approximate surface area is 135 Å². The molecule has 0 N–H and O–H groups in total. The number of alkyl halides is 2. The molecule has 2 rings (SSSR count). The minimum atomic E-state index is -3.95. The average Bonchev–Trinajstić information content (AvgIpc) is 3.06. The summed E-state index contributed by atoms with van der Waals surface area (Å²) in [5.41, 5.74) is -0.943. The Morgan fingerprint density at radius 2 is 2.13 bits per heavy atom. The van der Waals surface area contributed by atoms with Gasteiger partial charge in [0.25, 0.3) is 6.43 Å². The van der Waals surface area contributed by atoms with Crippen LogP contribution in [-0.4, -0.2) is 47.5 Å². The second-order valence-corrected chi connectivity index (χ2v) is 7.79. The van der Waals surface area contributed by atoms with E-state index < -0.39 is 39.4 Å². The van der Waals surface area contributed by atoms with Crippen molar-refractivity contribution in [3.8, 4) is 0 Å². The monoisotopic (exact) mass is 364 g/mol. The molecule has 0 fully saturated rings. The fraction of sp³-hybridized carbons (Fsp3) is 0.417. The summed E-state index contributed by atoms with van der Waals surface area (Å²) < 4.78 is 48.6. The maximum Gasteiger partial charge on any atom is 0.285 e. The van der Waals surface area contributed by atoms with Gasteiger partial charge in [-0.1, -0.05) is 6.07 Å². The summed E-state index contributed by atoms with van der Waals surface area (Å²) in [6, 6.07) is 3.71. The van der Waals surface area contributed by atoms with E-state index in [2.05, 4.69) is 10.2 Å². The molecule has 0 unspecified atom stereocenters. The summed E-state index contributed by atoms with van der Waals surface area (Å²) in [5, 5.41) is 8.01. The van der Waals surface area contributed by atoms with Crippen LogP contribution in [0.3, 0.4) is 0 Å². The number of thiophene rings is 1. The van der Waals surface area contributed by atoms with Crippen molar-refractivity contribution in [2.24, 2.45) is 0 Å². The number of halogens is 2. The highest BCUT2D eigenvalue weighted by atomic mass is 32.2. The minimum Gasteiger partial charge on any atom is -0.339 e. The van der Waals surface area contributed by atoms with E-state index in [-0.39, 0.29) is 0 Å². The van der Waals surface area contributed by atoms with Crippen LogP contribution in [0.25, 0.3) is 0 Å². The van der Waals surface area contributed by atoms with Gasteiger partial charge in [0.1, 0.15) is 6.54 Å². The second-order valence-electron chi connectivity index (χ2n) is 4.82. The van der Waals surface area contributed by atoms with Crippen LogP contribution in [0.5, 0.6) is 0 Å². The highest BCUT2D eigenvalue weighted by molar-refractivity contribution is 7.90. The predicted molar refractivity (Wildman–Crippen MR) is 78.9 cm³/mol. The van der Waals surface area contributed by atoms with Gasteiger partial charge in [-0.15, -0.1) is 16.4 Å². The topological polar surface area (TPSA) is 85.2 Å². The average molecular weight is 364 g/mol. The zero-order valence-electron chi connectivity index (χ0n) is 12.3. The molecule has 0 bridgehead atoms. The lowest BCUT2D eigenvalue weighted by Gasteiger charge is -2.15. The van der Waals surface area contributed by atoms with E-state index in [1.807, 2.05) is 17.5 Å². The van der Waals surface area contributed by atoms with Gasteiger partial charge in [-0.3, -0.25) is 4.79 Å². The lowest BCUT2D eigenvalue weighted by Crippen LogP contribution is -2.30. The van der Waals surface area contributed by atoms with Crippen LogP contribution in [-0.2, 0) is 27.7 Å². The molecular weight excluding hydrogens is 350 g/mol. The highest BCUT2D eigenvalue weighted by Gasteiger charge is 2.27. The zero-order chi connectivity index (χ0) is 17.2. The standard InChI is InChI=1S/C12H14F2N4O3S2/c1-17(6-8-4-3-5-22-8)9(19)7-18-15-10(11(13)14)12(16-18)23(2,20)21/h3-5,11H,6-7H2,1-2H3. The van der Waals surface area contributed by atoms with Gasteiger partial charge >= 0.3 is 0 Å². The summed E-state index contributed by atoms with van der Waals surface area (Å²) in [5.74, 6) is -0.422. The third-order valence-corrected chi connectivity index (χ3v) is 4.74. The molecule has 0 saturated heterocycles. The molecule has 23 heavy (non-hydrogen) atoms. The van der Waals surface area contributed by atoms with Crippen molar-refractivity contribution in [1.29, 1.82) is 0 Å². The van der Waals surface area contributed by atoms with Gasteiger partial charge < -0.3 is 4.90 Å². The van der Waals surface area contributed by atoms with Gasteiger partial charge in [0, 0.05) is 18.2 Å². The molecule has 0 saturated carbocycles. The molecule has 2 aromatic rings. The molecule has 0 radical (unpaired) electrons. The number of carbonyl (C=O) groups excluding carboxylic acids is 1. The molecule has 2 heterocycles. The Hall–Kier alpha value is -1.88. The van der Waals surface area contributed by atoms with Gasteiger partial charge in [0.2, 0.25) is 10.9 Å². The highest BCUT2D eigenvalue weighted by Crippen LogP contribution is 2.22. The fourth-order valence-electron chi connectivity index (χ4n) is 1.78. The SMILES string of the molecule is CN(Cc1cccs1)C(=O)Cn1nc(C(F)F)c(S(C)(=O)=O)n1. The van der Waals surface area contributed by atoms with Crippen LogP contribution in [0.4, 0.5) is 8.78 Å². The van der Waals surface area contributed by atoms with Crippen LogP contribution in [0, 0.1) is 0 Å². The molecule has 2 aromatic heterocycles. The maximum atomic E-state index is 12.8. The third-order valence-electron chi connectivity index (χ3n) is 2.88. The van der Waals surface area contributed by atoms with Crippen molar-refractivity contribution in [3.63, 3.8) is 0 Å². The molecule has 0 aliphatic rings. The molecule has 0 aliphatic heterocycles. The predicted octanol–water partition coefficient (Wildman–Crippen LogP) is 1.34. The summed E-state index contributed by atoms with van der Waals surface area (Å²) in [4.78, 5) is 15.1. The maximum absolute atomic E-state index is 12.8. The number of carbonyl (C=O) groups is 1. The van der Waals surface area contributed by atoms with Crippen molar-refractivity contribution in [3.05, 3.63) is 28.1 Å². The zero-order valence-corrected chi connectivity index (χ0v) is 13.9. The Bertz CT molecular complexity index is 787. The van der Waals surface area contributed by atoms with Gasteiger partial charge in [-0.2, -0.15) is 9.90 Å². The van der Waals surface area contributed by atoms with E-state index in [1.54, 1.807) is 7.05 Å². The van der Waals surface area contributed by atoms with E-state index in [0.29, 0.717) is 11.3 Å². The van der Waals surface area contributed by atoms with E-state index in [1.165, 1.54) is 16.2 Å². The van der Waals surface area contributed by atoms with Crippen LogP contribution in [0.15, 0.2) is 22.5 Å². The summed E-state index contributed by atoms with van der Waals surface area (Å²) in [6.07, 6.45) is -2.33. The van der Waals surface area contributed by atoms with E-state index in [9.17, 15) is 22.0 Å². The Balaban J connectivity index is 2.15. The lowest BCUT2D eigenvalue weighted by atomic mass is 10.4. The van der Waals surface area contributed by atoms with Crippen LogP contribution >= 0.6 is 11.3 Å². The minimum absolute atomic E-state index is 0.360. The second kappa shape index (κ2) is 6.71. The number of nitrogens with zero attached hydrogens (tertiary/aromatic N) is 4. The number of amides is 1. The lowest BCUT2D eigenvalue weighted by molar-refractivity contribution is -0.131. The Kier molecular flexibility index (Phi) is 5.09. The largest absolute Gasteiger partial charge is 0.339 e. The van der Waals surface area contributed by atoms with Gasteiger partial charge in [0.15, 0.2) is 15.5 Å². The first-order valence-electron chi connectivity index (χ1n) is 6.38. The number of likely N-dealkylation sites (N-methyl/N-ethyl adjacent to an activating group) is 1. The first-order chi connectivity index (χ1) is 10.7. The number of hydrogen-bond acceptors (Lipinski definition) is 6.